The van der Waals surface area contributed by atoms with Gasteiger partial charge in [-0.25, -0.2) is 4.98 Å². The molecule has 0 spiro atoms. The lowest BCUT2D eigenvalue weighted by Gasteiger charge is -1.91. The van der Waals surface area contributed by atoms with Gasteiger partial charge in [-0.05, 0) is 13.5 Å². The summed E-state index contributed by atoms with van der Waals surface area (Å²) in [4.78, 5) is 7.35. The van der Waals surface area contributed by atoms with Crippen molar-refractivity contribution in [2.24, 2.45) is 0 Å². The minimum absolute atomic E-state index is 0.819. The van der Waals surface area contributed by atoms with Crippen LogP contribution in [0, 0.1) is 0 Å². The predicted molar refractivity (Wildman–Crippen MR) is 40.7 cm³/mol. The van der Waals surface area contributed by atoms with Crippen molar-refractivity contribution in [1.82, 2.24) is 15.3 Å². The van der Waals surface area contributed by atoms with E-state index in [9.17, 15) is 0 Å². The number of hydrogen-bond donors (Lipinski definition) is 2. The SMILES string of the molecule is CCc1cnc(CNC)[nH]1. The lowest BCUT2D eigenvalue weighted by molar-refractivity contribution is 0.768. The lowest BCUT2D eigenvalue weighted by atomic mass is 10.4. The molecule has 2 N–H and O–H groups in total. The highest BCUT2D eigenvalue weighted by atomic mass is 15.0. The third-order valence-corrected chi connectivity index (χ3v) is 1.41. The van der Waals surface area contributed by atoms with Crippen LogP contribution in [0.25, 0.3) is 0 Å². The van der Waals surface area contributed by atoms with Crippen molar-refractivity contribution in [3.63, 3.8) is 0 Å². The minimum Gasteiger partial charge on any atom is -0.345 e. The summed E-state index contributed by atoms with van der Waals surface area (Å²) in [5.74, 6) is 1.01. The fraction of sp³-hybridized carbons (Fsp3) is 0.571. The first-order chi connectivity index (χ1) is 4.86. The van der Waals surface area contributed by atoms with Crippen LogP contribution in [0.5, 0.6) is 0 Å². The Bertz CT molecular complexity index is 192. The number of hydrogen-bond acceptors (Lipinski definition) is 2. The van der Waals surface area contributed by atoms with Crippen LogP contribution in [0.1, 0.15) is 18.4 Å². The first kappa shape index (κ1) is 7.28. The van der Waals surface area contributed by atoms with Crippen molar-refractivity contribution < 1.29 is 0 Å². The van der Waals surface area contributed by atoms with E-state index in [2.05, 4.69) is 22.2 Å². The number of rotatable bonds is 3. The van der Waals surface area contributed by atoms with Crippen LogP contribution < -0.4 is 5.32 Å². The first-order valence-corrected chi connectivity index (χ1v) is 3.54. The molecule has 0 atom stereocenters. The summed E-state index contributed by atoms with van der Waals surface area (Å²) >= 11 is 0. The Morgan fingerprint density at radius 2 is 2.50 bits per heavy atom. The molecule has 1 heterocycles. The highest BCUT2D eigenvalue weighted by molar-refractivity contribution is 5.00. The Hall–Kier alpha value is -0.830. The van der Waals surface area contributed by atoms with Gasteiger partial charge < -0.3 is 10.3 Å². The van der Waals surface area contributed by atoms with Gasteiger partial charge in [0.1, 0.15) is 5.82 Å². The van der Waals surface area contributed by atoms with Crippen molar-refractivity contribution in [2.75, 3.05) is 7.05 Å². The number of aromatic nitrogens is 2. The average molecular weight is 139 g/mol. The lowest BCUT2D eigenvalue weighted by Crippen LogP contribution is -2.06. The summed E-state index contributed by atoms with van der Waals surface area (Å²) in [6.07, 6.45) is 2.91. The Labute approximate surface area is 60.9 Å². The summed E-state index contributed by atoms with van der Waals surface area (Å²) < 4.78 is 0. The summed E-state index contributed by atoms with van der Waals surface area (Å²) in [6.45, 7) is 2.93. The standard InChI is InChI=1S/C7H13N3/c1-3-6-4-9-7(10-6)5-8-2/h4,8H,3,5H2,1-2H3,(H,9,10). The summed E-state index contributed by atoms with van der Waals surface area (Å²) in [7, 11) is 1.91. The van der Waals surface area contributed by atoms with Gasteiger partial charge in [-0.1, -0.05) is 6.92 Å². The molecule has 0 aromatic carbocycles. The van der Waals surface area contributed by atoms with Crippen LogP contribution in [-0.4, -0.2) is 17.0 Å². The van der Waals surface area contributed by atoms with Crippen LogP contribution in [0.3, 0.4) is 0 Å². The maximum Gasteiger partial charge on any atom is 0.120 e. The molecule has 0 aliphatic carbocycles. The Morgan fingerprint density at radius 1 is 1.70 bits per heavy atom. The van der Waals surface area contributed by atoms with Gasteiger partial charge in [-0.2, -0.15) is 0 Å². The van der Waals surface area contributed by atoms with Gasteiger partial charge in [0.15, 0.2) is 0 Å². The average Bonchev–Trinajstić information content (AvgIpc) is 2.37. The third kappa shape index (κ3) is 1.57. The van der Waals surface area contributed by atoms with Crippen LogP contribution in [-0.2, 0) is 13.0 Å². The molecule has 1 rings (SSSR count). The molecule has 0 bridgehead atoms. The molecule has 0 unspecified atom stereocenters. The number of aromatic amines is 1. The quantitative estimate of drug-likeness (QED) is 0.647. The molecule has 1 aromatic heterocycles. The Kier molecular flexibility index (Phi) is 2.45. The monoisotopic (exact) mass is 139 g/mol. The van der Waals surface area contributed by atoms with Gasteiger partial charge in [0, 0.05) is 11.9 Å². The van der Waals surface area contributed by atoms with E-state index >= 15 is 0 Å². The smallest absolute Gasteiger partial charge is 0.120 e. The summed E-state index contributed by atoms with van der Waals surface area (Å²) in [6, 6.07) is 0. The molecule has 3 heteroatoms. The number of imidazole rings is 1. The van der Waals surface area contributed by atoms with E-state index in [0.717, 1.165) is 18.8 Å². The maximum atomic E-state index is 4.16. The van der Waals surface area contributed by atoms with Crippen molar-refractivity contribution in [3.05, 3.63) is 17.7 Å². The molecule has 0 fully saturated rings. The van der Waals surface area contributed by atoms with Gasteiger partial charge in [0.05, 0.1) is 6.54 Å². The van der Waals surface area contributed by atoms with E-state index in [1.54, 1.807) is 0 Å². The number of nitrogens with one attached hydrogen (secondary N) is 2. The molecular weight excluding hydrogens is 126 g/mol. The van der Waals surface area contributed by atoms with Crippen LogP contribution >= 0.6 is 0 Å². The maximum absolute atomic E-state index is 4.16. The van der Waals surface area contributed by atoms with Crippen LogP contribution in [0.4, 0.5) is 0 Å². The van der Waals surface area contributed by atoms with Gasteiger partial charge >= 0.3 is 0 Å². The van der Waals surface area contributed by atoms with Crippen molar-refractivity contribution >= 4 is 0 Å². The van der Waals surface area contributed by atoms with Crippen molar-refractivity contribution in [2.45, 2.75) is 19.9 Å². The van der Waals surface area contributed by atoms with Crippen molar-refractivity contribution in [1.29, 1.82) is 0 Å². The van der Waals surface area contributed by atoms with Crippen LogP contribution in [0.2, 0.25) is 0 Å². The number of aryl methyl sites for hydroxylation is 1. The van der Waals surface area contributed by atoms with E-state index < -0.39 is 0 Å². The highest BCUT2D eigenvalue weighted by Crippen LogP contribution is 1.96. The molecular formula is C7H13N3. The molecule has 0 aliphatic rings. The largest absolute Gasteiger partial charge is 0.345 e. The second-order valence-electron chi connectivity index (χ2n) is 2.24. The molecule has 56 valence electrons. The predicted octanol–water partition coefficient (Wildman–Crippen LogP) is 0.691. The number of H-pyrrole nitrogens is 1. The van der Waals surface area contributed by atoms with E-state index in [1.165, 1.54) is 5.69 Å². The first-order valence-electron chi connectivity index (χ1n) is 3.54. The summed E-state index contributed by atoms with van der Waals surface area (Å²) in [5.41, 5.74) is 1.20. The van der Waals surface area contributed by atoms with Gasteiger partial charge in [-0.15, -0.1) is 0 Å². The topological polar surface area (TPSA) is 40.7 Å². The highest BCUT2D eigenvalue weighted by Gasteiger charge is 1.94. The molecule has 3 nitrogen and oxygen atoms in total. The summed E-state index contributed by atoms with van der Waals surface area (Å²) in [5, 5.41) is 3.03. The van der Waals surface area contributed by atoms with E-state index in [0.29, 0.717) is 0 Å². The number of nitrogens with zero attached hydrogens (tertiary/aromatic N) is 1. The zero-order valence-electron chi connectivity index (χ0n) is 6.44. The fourth-order valence-electron chi connectivity index (χ4n) is 0.843. The molecule has 10 heavy (non-hydrogen) atoms. The van der Waals surface area contributed by atoms with E-state index in [1.807, 2.05) is 13.2 Å². The minimum atomic E-state index is 0.819. The third-order valence-electron chi connectivity index (χ3n) is 1.41. The molecule has 1 aromatic rings. The second kappa shape index (κ2) is 3.37. The Morgan fingerprint density at radius 3 is 3.00 bits per heavy atom. The Balaban J connectivity index is 2.59. The molecule has 0 saturated carbocycles. The second-order valence-corrected chi connectivity index (χ2v) is 2.24. The normalized spacial score (nSPS) is 10.2. The molecule has 0 aliphatic heterocycles. The fourth-order valence-corrected chi connectivity index (χ4v) is 0.843. The zero-order chi connectivity index (χ0) is 7.40. The zero-order valence-corrected chi connectivity index (χ0v) is 6.44. The van der Waals surface area contributed by atoms with Gasteiger partial charge in [0.2, 0.25) is 0 Å². The van der Waals surface area contributed by atoms with Gasteiger partial charge in [0.25, 0.3) is 0 Å². The molecule has 0 saturated heterocycles. The molecule has 0 radical (unpaired) electrons. The van der Waals surface area contributed by atoms with E-state index in [4.69, 9.17) is 0 Å². The van der Waals surface area contributed by atoms with Crippen molar-refractivity contribution in [3.8, 4) is 0 Å². The van der Waals surface area contributed by atoms with E-state index in [-0.39, 0.29) is 0 Å². The van der Waals surface area contributed by atoms with Crippen LogP contribution in [0.15, 0.2) is 6.20 Å². The van der Waals surface area contributed by atoms with Gasteiger partial charge in [-0.3, -0.25) is 0 Å². The molecule has 0 amide bonds.